The third-order valence-electron chi connectivity index (χ3n) is 4.89. The number of nitrogens with zero attached hydrogens (tertiary/aromatic N) is 4. The SMILES string of the molecule is Cc1ccc(NC(=O)[C@@H]2CCCN2c2ncccn2)cc1-c1cncc(F)c1. The van der Waals surface area contributed by atoms with Gasteiger partial charge in [0.05, 0.1) is 6.20 Å². The molecule has 0 spiro atoms. The summed E-state index contributed by atoms with van der Waals surface area (Å²) >= 11 is 0. The normalized spacial score (nSPS) is 16.2. The average Bonchev–Trinajstić information content (AvgIpc) is 3.20. The van der Waals surface area contributed by atoms with Crippen molar-refractivity contribution in [1.82, 2.24) is 15.0 Å². The number of hydrogen-bond acceptors (Lipinski definition) is 5. The Balaban J connectivity index is 1.56. The van der Waals surface area contributed by atoms with Crippen molar-refractivity contribution in [3.63, 3.8) is 0 Å². The summed E-state index contributed by atoms with van der Waals surface area (Å²) in [5.74, 6) is 0.0727. The quantitative estimate of drug-likeness (QED) is 0.752. The van der Waals surface area contributed by atoms with Crippen LogP contribution in [0.4, 0.5) is 16.0 Å². The van der Waals surface area contributed by atoms with Crippen LogP contribution in [0.5, 0.6) is 0 Å². The van der Waals surface area contributed by atoms with Crippen LogP contribution in [0.2, 0.25) is 0 Å². The number of aryl methyl sites for hydroxylation is 1. The number of carbonyl (C=O) groups excluding carboxylic acids is 1. The zero-order chi connectivity index (χ0) is 19.5. The number of benzene rings is 1. The van der Waals surface area contributed by atoms with Gasteiger partial charge in [0, 0.05) is 36.4 Å². The van der Waals surface area contributed by atoms with Crippen molar-refractivity contribution in [1.29, 1.82) is 0 Å². The molecule has 1 atom stereocenters. The summed E-state index contributed by atoms with van der Waals surface area (Å²) in [4.78, 5) is 27.3. The van der Waals surface area contributed by atoms with E-state index in [1.807, 2.05) is 30.0 Å². The molecule has 1 amide bonds. The number of aromatic nitrogens is 3. The van der Waals surface area contributed by atoms with E-state index in [0.717, 1.165) is 30.5 Å². The van der Waals surface area contributed by atoms with Crippen molar-refractivity contribution >= 4 is 17.5 Å². The van der Waals surface area contributed by atoms with Crippen molar-refractivity contribution in [2.24, 2.45) is 0 Å². The standard InChI is InChI=1S/C21H20FN5O/c1-14-5-6-17(11-18(14)15-10-16(22)13-23-12-15)26-20(28)19-4-2-9-27(19)21-24-7-3-8-25-21/h3,5-8,10-13,19H,2,4,9H2,1H3,(H,26,28)/t19-/m0/s1. The van der Waals surface area contributed by atoms with Crippen LogP contribution in [0.1, 0.15) is 18.4 Å². The number of amides is 1. The molecule has 3 heterocycles. The van der Waals surface area contributed by atoms with Crippen molar-refractivity contribution in [2.75, 3.05) is 16.8 Å². The van der Waals surface area contributed by atoms with Crippen LogP contribution >= 0.6 is 0 Å². The summed E-state index contributed by atoms with van der Waals surface area (Å²) in [6, 6.07) is 8.48. The fourth-order valence-electron chi connectivity index (χ4n) is 3.51. The summed E-state index contributed by atoms with van der Waals surface area (Å²) in [5, 5.41) is 2.99. The lowest BCUT2D eigenvalue weighted by Gasteiger charge is -2.23. The lowest BCUT2D eigenvalue weighted by Crippen LogP contribution is -2.40. The van der Waals surface area contributed by atoms with Crippen molar-refractivity contribution in [3.05, 3.63) is 66.5 Å². The van der Waals surface area contributed by atoms with Gasteiger partial charge in [0.25, 0.3) is 0 Å². The monoisotopic (exact) mass is 377 g/mol. The summed E-state index contributed by atoms with van der Waals surface area (Å²) in [6.45, 7) is 2.69. The van der Waals surface area contributed by atoms with Crippen LogP contribution in [-0.4, -0.2) is 33.4 Å². The Morgan fingerprint density at radius 2 is 2.04 bits per heavy atom. The smallest absolute Gasteiger partial charge is 0.247 e. The number of nitrogens with one attached hydrogen (secondary N) is 1. The van der Waals surface area contributed by atoms with Crippen LogP contribution in [0, 0.1) is 12.7 Å². The van der Waals surface area contributed by atoms with E-state index in [-0.39, 0.29) is 11.9 Å². The van der Waals surface area contributed by atoms with Crippen LogP contribution in [0.3, 0.4) is 0 Å². The molecule has 0 aliphatic carbocycles. The van der Waals surface area contributed by atoms with E-state index in [2.05, 4.69) is 20.3 Å². The highest BCUT2D eigenvalue weighted by Crippen LogP contribution is 2.28. The number of pyridine rings is 1. The molecule has 1 aliphatic heterocycles. The number of carbonyl (C=O) groups is 1. The molecule has 28 heavy (non-hydrogen) atoms. The van der Waals surface area contributed by atoms with E-state index in [9.17, 15) is 9.18 Å². The molecule has 1 N–H and O–H groups in total. The van der Waals surface area contributed by atoms with Gasteiger partial charge < -0.3 is 10.2 Å². The van der Waals surface area contributed by atoms with Crippen LogP contribution < -0.4 is 10.2 Å². The van der Waals surface area contributed by atoms with Gasteiger partial charge in [0.15, 0.2) is 0 Å². The Kier molecular flexibility index (Phi) is 4.97. The van der Waals surface area contributed by atoms with E-state index in [4.69, 9.17) is 0 Å². The Bertz CT molecular complexity index is 995. The molecule has 1 aliphatic rings. The predicted octanol–water partition coefficient (Wildman–Crippen LogP) is 3.59. The van der Waals surface area contributed by atoms with Gasteiger partial charge in [-0.25, -0.2) is 14.4 Å². The van der Waals surface area contributed by atoms with Gasteiger partial charge in [-0.1, -0.05) is 6.07 Å². The summed E-state index contributed by atoms with van der Waals surface area (Å²) in [5.41, 5.74) is 3.15. The molecule has 3 aromatic rings. The second-order valence-corrected chi connectivity index (χ2v) is 6.81. The molecule has 7 heteroatoms. The summed E-state index contributed by atoms with van der Waals surface area (Å²) in [7, 11) is 0. The molecule has 142 valence electrons. The fraction of sp³-hybridized carbons (Fsp3) is 0.238. The fourth-order valence-corrected chi connectivity index (χ4v) is 3.51. The van der Waals surface area contributed by atoms with Gasteiger partial charge in [-0.2, -0.15) is 0 Å². The van der Waals surface area contributed by atoms with Crippen molar-refractivity contribution < 1.29 is 9.18 Å². The van der Waals surface area contributed by atoms with E-state index in [1.165, 1.54) is 12.3 Å². The maximum atomic E-state index is 13.6. The molecule has 0 unspecified atom stereocenters. The number of hydrogen-bond donors (Lipinski definition) is 1. The molecule has 1 aromatic carbocycles. The Labute approximate surface area is 162 Å². The predicted molar refractivity (Wildman–Crippen MR) is 105 cm³/mol. The van der Waals surface area contributed by atoms with Crippen LogP contribution in [0.15, 0.2) is 55.1 Å². The molecule has 4 rings (SSSR count). The molecular formula is C21H20FN5O. The lowest BCUT2D eigenvalue weighted by molar-refractivity contribution is -0.117. The maximum Gasteiger partial charge on any atom is 0.247 e. The molecule has 2 aromatic heterocycles. The zero-order valence-corrected chi connectivity index (χ0v) is 15.5. The third-order valence-corrected chi connectivity index (χ3v) is 4.89. The van der Waals surface area contributed by atoms with Crippen molar-refractivity contribution in [3.8, 4) is 11.1 Å². The van der Waals surface area contributed by atoms with Gasteiger partial charge in [0.1, 0.15) is 11.9 Å². The highest BCUT2D eigenvalue weighted by Gasteiger charge is 2.32. The Morgan fingerprint density at radius 3 is 2.82 bits per heavy atom. The minimum atomic E-state index is -0.393. The van der Waals surface area contributed by atoms with Gasteiger partial charge in [0.2, 0.25) is 11.9 Å². The highest BCUT2D eigenvalue weighted by atomic mass is 19.1. The summed E-state index contributed by atoms with van der Waals surface area (Å²) < 4.78 is 13.6. The van der Waals surface area contributed by atoms with Crippen LogP contribution in [-0.2, 0) is 4.79 Å². The van der Waals surface area contributed by atoms with Crippen molar-refractivity contribution in [2.45, 2.75) is 25.8 Å². The van der Waals surface area contributed by atoms with Gasteiger partial charge in [-0.15, -0.1) is 0 Å². The van der Waals surface area contributed by atoms with E-state index >= 15 is 0 Å². The largest absolute Gasteiger partial charge is 0.329 e. The molecule has 0 saturated carbocycles. The third kappa shape index (κ3) is 3.69. The molecule has 6 nitrogen and oxygen atoms in total. The second kappa shape index (κ2) is 7.72. The van der Waals surface area contributed by atoms with E-state index < -0.39 is 5.82 Å². The Morgan fingerprint density at radius 1 is 1.21 bits per heavy atom. The van der Waals surface area contributed by atoms with Gasteiger partial charge >= 0.3 is 0 Å². The first-order chi connectivity index (χ1) is 13.6. The highest BCUT2D eigenvalue weighted by molar-refractivity contribution is 5.97. The number of anilines is 2. The lowest BCUT2D eigenvalue weighted by atomic mass is 10.0. The molecular weight excluding hydrogens is 357 g/mol. The van der Waals surface area contributed by atoms with E-state index in [0.29, 0.717) is 17.2 Å². The Hall–Kier alpha value is -3.35. The first-order valence-electron chi connectivity index (χ1n) is 9.18. The minimum Gasteiger partial charge on any atom is -0.329 e. The summed E-state index contributed by atoms with van der Waals surface area (Å²) in [6.07, 6.45) is 7.79. The number of halogens is 1. The first kappa shape index (κ1) is 18.0. The molecule has 1 saturated heterocycles. The molecule has 1 fully saturated rings. The van der Waals surface area contributed by atoms with Gasteiger partial charge in [-0.05, 0) is 55.2 Å². The number of rotatable bonds is 4. The maximum absolute atomic E-state index is 13.6. The molecule has 0 radical (unpaired) electrons. The minimum absolute atomic E-state index is 0.0999. The van der Waals surface area contributed by atoms with Gasteiger partial charge in [-0.3, -0.25) is 9.78 Å². The zero-order valence-electron chi connectivity index (χ0n) is 15.5. The second-order valence-electron chi connectivity index (χ2n) is 6.81. The van der Waals surface area contributed by atoms with Crippen LogP contribution in [0.25, 0.3) is 11.1 Å². The average molecular weight is 377 g/mol. The molecule has 0 bridgehead atoms. The first-order valence-corrected chi connectivity index (χ1v) is 9.18. The topological polar surface area (TPSA) is 71.0 Å². The van der Waals surface area contributed by atoms with E-state index in [1.54, 1.807) is 24.7 Å².